The third kappa shape index (κ3) is 3.01. The number of hydrogen-bond donors (Lipinski definition) is 1. The van der Waals surface area contributed by atoms with Gasteiger partial charge in [0, 0.05) is 12.6 Å². The second kappa shape index (κ2) is 6.06. The summed E-state index contributed by atoms with van der Waals surface area (Å²) in [6, 6.07) is 8.94. The summed E-state index contributed by atoms with van der Waals surface area (Å²) in [4.78, 5) is 0. The molecule has 0 amide bonds. The molecular weight excluding hydrogens is 234 g/mol. The van der Waals surface area contributed by atoms with E-state index in [1.165, 1.54) is 56.1 Å². The molecule has 1 aliphatic heterocycles. The number of hydrogen-bond acceptors (Lipinski definition) is 2. The zero-order valence-corrected chi connectivity index (χ0v) is 11.7. The monoisotopic (exact) mass is 259 g/mol. The van der Waals surface area contributed by atoms with Gasteiger partial charge in [-0.1, -0.05) is 30.7 Å². The smallest absolute Gasteiger partial charge is 0.0576 e. The molecule has 0 saturated carbocycles. The average Bonchev–Trinajstić information content (AvgIpc) is 2.95. The first-order valence-corrected chi connectivity index (χ1v) is 7.79. The van der Waals surface area contributed by atoms with Crippen LogP contribution in [0.15, 0.2) is 24.3 Å². The summed E-state index contributed by atoms with van der Waals surface area (Å²) in [5.74, 6) is 0.663. The Morgan fingerprint density at radius 3 is 2.89 bits per heavy atom. The first-order chi connectivity index (χ1) is 9.34. The summed E-state index contributed by atoms with van der Waals surface area (Å²) in [6.07, 6.45) is 9.26. The van der Waals surface area contributed by atoms with Gasteiger partial charge in [0.15, 0.2) is 0 Å². The topological polar surface area (TPSA) is 35.2 Å². The fraction of sp³-hybridized carbons (Fsp3) is 0.647. The predicted molar refractivity (Wildman–Crippen MR) is 78.0 cm³/mol. The molecule has 1 aromatic rings. The highest BCUT2D eigenvalue weighted by Crippen LogP contribution is 2.35. The fourth-order valence-corrected chi connectivity index (χ4v) is 3.67. The largest absolute Gasteiger partial charge is 0.378 e. The second-order valence-electron chi connectivity index (χ2n) is 6.09. The SMILES string of the molecule is NC1c2ccccc2CCC1CCCC1CCCO1. The molecule has 0 spiro atoms. The quantitative estimate of drug-likeness (QED) is 0.896. The van der Waals surface area contributed by atoms with E-state index in [1.54, 1.807) is 0 Å². The van der Waals surface area contributed by atoms with E-state index in [2.05, 4.69) is 24.3 Å². The van der Waals surface area contributed by atoms with Crippen LogP contribution in [0.3, 0.4) is 0 Å². The van der Waals surface area contributed by atoms with Crippen molar-refractivity contribution in [2.75, 3.05) is 6.61 Å². The number of rotatable bonds is 4. The Balaban J connectivity index is 1.52. The predicted octanol–water partition coefficient (Wildman–Crippen LogP) is 3.60. The van der Waals surface area contributed by atoms with Gasteiger partial charge in [-0.05, 0) is 55.6 Å². The molecule has 3 atom stereocenters. The van der Waals surface area contributed by atoms with Gasteiger partial charge >= 0.3 is 0 Å². The lowest BCUT2D eigenvalue weighted by Crippen LogP contribution is -2.27. The van der Waals surface area contributed by atoms with Crippen molar-refractivity contribution < 1.29 is 4.74 Å². The molecule has 1 fully saturated rings. The standard InChI is InChI=1S/C17H25NO/c18-17-14(6-3-7-15-8-4-12-19-15)11-10-13-5-1-2-9-16(13)17/h1-2,5,9,14-15,17H,3-4,6-8,10-12,18H2. The van der Waals surface area contributed by atoms with E-state index in [9.17, 15) is 0 Å². The summed E-state index contributed by atoms with van der Waals surface area (Å²) in [6.45, 7) is 0.973. The van der Waals surface area contributed by atoms with Crippen molar-refractivity contribution in [3.05, 3.63) is 35.4 Å². The normalized spacial score (nSPS) is 30.3. The summed E-state index contributed by atoms with van der Waals surface area (Å²) >= 11 is 0. The first kappa shape index (κ1) is 13.1. The molecule has 19 heavy (non-hydrogen) atoms. The Kier molecular flexibility index (Phi) is 4.19. The van der Waals surface area contributed by atoms with Gasteiger partial charge in [-0.2, -0.15) is 0 Å². The Hall–Kier alpha value is -0.860. The molecule has 104 valence electrons. The van der Waals surface area contributed by atoms with Crippen LogP contribution in [0.4, 0.5) is 0 Å². The molecule has 1 saturated heterocycles. The van der Waals surface area contributed by atoms with Crippen LogP contribution < -0.4 is 5.73 Å². The Morgan fingerprint density at radius 2 is 2.05 bits per heavy atom. The van der Waals surface area contributed by atoms with Crippen molar-refractivity contribution in [1.82, 2.24) is 0 Å². The zero-order chi connectivity index (χ0) is 13.1. The van der Waals surface area contributed by atoms with Crippen LogP contribution in [0, 0.1) is 5.92 Å². The van der Waals surface area contributed by atoms with Crippen molar-refractivity contribution in [3.63, 3.8) is 0 Å². The minimum atomic E-state index is 0.245. The van der Waals surface area contributed by atoms with Crippen LogP contribution >= 0.6 is 0 Å². The van der Waals surface area contributed by atoms with Crippen molar-refractivity contribution in [2.24, 2.45) is 11.7 Å². The molecule has 2 aliphatic rings. The highest BCUT2D eigenvalue weighted by atomic mass is 16.5. The summed E-state index contributed by atoms with van der Waals surface area (Å²) in [7, 11) is 0. The van der Waals surface area contributed by atoms with Crippen molar-refractivity contribution in [2.45, 2.75) is 57.1 Å². The van der Waals surface area contributed by atoms with Gasteiger partial charge in [0.1, 0.15) is 0 Å². The van der Waals surface area contributed by atoms with Gasteiger partial charge in [-0.15, -0.1) is 0 Å². The maximum atomic E-state index is 6.45. The lowest BCUT2D eigenvalue weighted by Gasteiger charge is -2.31. The van der Waals surface area contributed by atoms with Crippen molar-refractivity contribution in [1.29, 1.82) is 0 Å². The minimum Gasteiger partial charge on any atom is -0.378 e. The van der Waals surface area contributed by atoms with Gasteiger partial charge in [-0.25, -0.2) is 0 Å². The number of ether oxygens (including phenoxy) is 1. The molecular formula is C17H25NO. The second-order valence-corrected chi connectivity index (χ2v) is 6.09. The summed E-state index contributed by atoms with van der Waals surface area (Å²) in [5, 5.41) is 0. The number of fused-ring (bicyclic) bond motifs is 1. The van der Waals surface area contributed by atoms with E-state index >= 15 is 0 Å². The maximum absolute atomic E-state index is 6.45. The van der Waals surface area contributed by atoms with Crippen LogP contribution in [0.5, 0.6) is 0 Å². The molecule has 0 bridgehead atoms. The van der Waals surface area contributed by atoms with Crippen molar-refractivity contribution in [3.8, 4) is 0 Å². The fourth-order valence-electron chi connectivity index (χ4n) is 3.67. The Labute approximate surface area is 116 Å². The molecule has 1 aromatic carbocycles. The van der Waals surface area contributed by atoms with Crippen LogP contribution in [0.2, 0.25) is 0 Å². The molecule has 3 unspecified atom stereocenters. The number of benzene rings is 1. The lowest BCUT2D eigenvalue weighted by atomic mass is 9.78. The molecule has 0 aromatic heterocycles. The number of nitrogens with two attached hydrogens (primary N) is 1. The first-order valence-electron chi connectivity index (χ1n) is 7.79. The highest BCUT2D eigenvalue weighted by molar-refractivity contribution is 5.32. The molecule has 2 heteroatoms. The average molecular weight is 259 g/mol. The minimum absolute atomic E-state index is 0.245. The molecule has 2 N–H and O–H groups in total. The van der Waals surface area contributed by atoms with Gasteiger partial charge in [-0.3, -0.25) is 0 Å². The molecule has 0 radical (unpaired) electrons. The summed E-state index contributed by atoms with van der Waals surface area (Å²) < 4.78 is 5.69. The van der Waals surface area contributed by atoms with Crippen LogP contribution in [0.25, 0.3) is 0 Å². The van der Waals surface area contributed by atoms with E-state index in [4.69, 9.17) is 10.5 Å². The molecule has 2 nitrogen and oxygen atoms in total. The Morgan fingerprint density at radius 1 is 1.16 bits per heavy atom. The van der Waals surface area contributed by atoms with E-state index in [1.807, 2.05) is 0 Å². The zero-order valence-electron chi connectivity index (χ0n) is 11.7. The Bertz CT molecular complexity index is 411. The molecule has 1 heterocycles. The van der Waals surface area contributed by atoms with E-state index in [0.717, 1.165) is 6.61 Å². The van der Waals surface area contributed by atoms with Gasteiger partial charge < -0.3 is 10.5 Å². The van der Waals surface area contributed by atoms with Crippen molar-refractivity contribution >= 4 is 0 Å². The summed E-state index contributed by atoms with van der Waals surface area (Å²) in [5.41, 5.74) is 9.30. The lowest BCUT2D eigenvalue weighted by molar-refractivity contribution is 0.0999. The van der Waals surface area contributed by atoms with Gasteiger partial charge in [0.25, 0.3) is 0 Å². The van der Waals surface area contributed by atoms with E-state index in [-0.39, 0.29) is 6.04 Å². The van der Waals surface area contributed by atoms with Crippen LogP contribution in [0.1, 0.15) is 55.7 Å². The number of aryl methyl sites for hydroxylation is 1. The maximum Gasteiger partial charge on any atom is 0.0576 e. The third-order valence-corrected chi connectivity index (χ3v) is 4.83. The van der Waals surface area contributed by atoms with Crippen LogP contribution in [-0.2, 0) is 11.2 Å². The van der Waals surface area contributed by atoms with Gasteiger partial charge in [0.05, 0.1) is 6.10 Å². The molecule has 3 rings (SSSR count). The van der Waals surface area contributed by atoms with E-state index in [0.29, 0.717) is 12.0 Å². The van der Waals surface area contributed by atoms with Crippen LogP contribution in [-0.4, -0.2) is 12.7 Å². The third-order valence-electron chi connectivity index (χ3n) is 4.83. The van der Waals surface area contributed by atoms with Gasteiger partial charge in [0.2, 0.25) is 0 Å². The molecule has 1 aliphatic carbocycles. The highest BCUT2D eigenvalue weighted by Gasteiger charge is 2.26. The van der Waals surface area contributed by atoms with E-state index < -0.39 is 0 Å².